The SMILES string of the molecule is C=Cc1cc(N2CCC(CC3CCN(C(=O)OC(C)(C)C)CC3)CC2)ccc1C(=O)OC. The molecule has 0 aromatic heterocycles. The standard InChI is InChI=1S/C26H38N2O4/c1-6-21-18-22(7-8-23(21)24(29)31-5)27-13-9-19(10-14-27)17-20-11-15-28(16-12-20)25(30)32-26(2,3)4/h6-8,18-20H,1,9-17H2,2-5H3. The average molecular weight is 443 g/mol. The Labute approximate surface area is 192 Å². The van der Waals surface area contributed by atoms with Gasteiger partial charge in [0.2, 0.25) is 0 Å². The summed E-state index contributed by atoms with van der Waals surface area (Å²) in [5.41, 5.74) is 2.07. The number of piperidine rings is 2. The normalized spacial score (nSPS) is 18.4. The van der Waals surface area contributed by atoms with Crippen molar-refractivity contribution in [2.75, 3.05) is 38.2 Å². The Hall–Kier alpha value is -2.50. The lowest BCUT2D eigenvalue weighted by molar-refractivity contribution is 0.0174. The van der Waals surface area contributed by atoms with E-state index in [1.165, 1.54) is 26.4 Å². The van der Waals surface area contributed by atoms with Gasteiger partial charge in [0.25, 0.3) is 0 Å². The number of ether oxygens (including phenoxy) is 2. The number of anilines is 1. The quantitative estimate of drug-likeness (QED) is 0.574. The van der Waals surface area contributed by atoms with E-state index in [-0.39, 0.29) is 12.1 Å². The van der Waals surface area contributed by atoms with E-state index in [0.29, 0.717) is 11.5 Å². The molecule has 32 heavy (non-hydrogen) atoms. The summed E-state index contributed by atoms with van der Waals surface area (Å²) in [4.78, 5) is 28.4. The number of carbonyl (C=O) groups is 2. The van der Waals surface area contributed by atoms with Crippen LogP contribution in [0, 0.1) is 11.8 Å². The molecule has 0 N–H and O–H groups in total. The van der Waals surface area contributed by atoms with Crippen LogP contribution in [-0.4, -0.2) is 55.9 Å². The summed E-state index contributed by atoms with van der Waals surface area (Å²) in [5, 5.41) is 0. The molecule has 2 saturated heterocycles. The molecule has 6 nitrogen and oxygen atoms in total. The smallest absolute Gasteiger partial charge is 0.410 e. The second-order valence-electron chi connectivity index (χ2n) is 10.0. The molecule has 1 amide bonds. The van der Waals surface area contributed by atoms with Gasteiger partial charge in [0, 0.05) is 31.9 Å². The minimum atomic E-state index is -0.437. The van der Waals surface area contributed by atoms with Crippen molar-refractivity contribution in [3.8, 4) is 0 Å². The fourth-order valence-electron chi connectivity index (χ4n) is 4.79. The monoisotopic (exact) mass is 442 g/mol. The first-order valence-corrected chi connectivity index (χ1v) is 11.8. The Morgan fingerprint density at radius 3 is 2.19 bits per heavy atom. The molecule has 0 saturated carbocycles. The summed E-state index contributed by atoms with van der Waals surface area (Å²) < 4.78 is 10.4. The van der Waals surface area contributed by atoms with Crippen molar-refractivity contribution in [2.24, 2.45) is 11.8 Å². The maximum atomic E-state index is 12.3. The minimum absolute atomic E-state index is 0.179. The van der Waals surface area contributed by atoms with Gasteiger partial charge in [0.1, 0.15) is 5.60 Å². The summed E-state index contributed by atoms with van der Waals surface area (Å²) in [6, 6.07) is 5.88. The number of amides is 1. The highest BCUT2D eigenvalue weighted by Gasteiger charge is 2.29. The molecule has 0 radical (unpaired) electrons. The van der Waals surface area contributed by atoms with Gasteiger partial charge < -0.3 is 19.3 Å². The van der Waals surface area contributed by atoms with Crippen molar-refractivity contribution in [1.29, 1.82) is 0 Å². The Morgan fingerprint density at radius 1 is 1.06 bits per heavy atom. The van der Waals surface area contributed by atoms with E-state index >= 15 is 0 Å². The van der Waals surface area contributed by atoms with Crippen LogP contribution >= 0.6 is 0 Å². The van der Waals surface area contributed by atoms with Crippen LogP contribution in [0.3, 0.4) is 0 Å². The van der Waals surface area contributed by atoms with Crippen molar-refractivity contribution in [3.63, 3.8) is 0 Å². The fraction of sp³-hybridized carbons (Fsp3) is 0.615. The number of methoxy groups -OCH3 is 1. The van der Waals surface area contributed by atoms with Crippen LogP contribution < -0.4 is 4.90 Å². The van der Waals surface area contributed by atoms with Crippen LogP contribution in [0.2, 0.25) is 0 Å². The molecule has 2 fully saturated rings. The average Bonchev–Trinajstić information content (AvgIpc) is 2.78. The van der Waals surface area contributed by atoms with E-state index < -0.39 is 5.60 Å². The number of hydrogen-bond acceptors (Lipinski definition) is 5. The lowest BCUT2D eigenvalue weighted by Gasteiger charge is -2.38. The maximum Gasteiger partial charge on any atom is 0.410 e. The van der Waals surface area contributed by atoms with Crippen molar-refractivity contribution in [2.45, 2.75) is 58.5 Å². The number of likely N-dealkylation sites (tertiary alicyclic amines) is 1. The molecule has 176 valence electrons. The second kappa shape index (κ2) is 10.4. The number of hydrogen-bond donors (Lipinski definition) is 0. The van der Waals surface area contributed by atoms with Crippen LogP contribution in [0.5, 0.6) is 0 Å². The van der Waals surface area contributed by atoms with E-state index in [2.05, 4.69) is 11.5 Å². The molecule has 1 aromatic carbocycles. The van der Waals surface area contributed by atoms with E-state index in [0.717, 1.165) is 56.2 Å². The first kappa shape index (κ1) is 24.1. The van der Waals surface area contributed by atoms with Gasteiger partial charge in [-0.2, -0.15) is 0 Å². The Kier molecular flexibility index (Phi) is 7.86. The van der Waals surface area contributed by atoms with E-state index in [9.17, 15) is 9.59 Å². The van der Waals surface area contributed by atoms with Gasteiger partial charge in [-0.15, -0.1) is 0 Å². The van der Waals surface area contributed by atoms with E-state index in [1.807, 2.05) is 43.9 Å². The minimum Gasteiger partial charge on any atom is -0.465 e. The number of rotatable bonds is 5. The zero-order valence-electron chi connectivity index (χ0n) is 20.1. The van der Waals surface area contributed by atoms with Gasteiger partial charge >= 0.3 is 12.1 Å². The number of benzene rings is 1. The summed E-state index contributed by atoms with van der Waals surface area (Å²) in [5.74, 6) is 1.09. The van der Waals surface area contributed by atoms with Gasteiger partial charge in [-0.1, -0.05) is 12.7 Å². The second-order valence-corrected chi connectivity index (χ2v) is 10.0. The molecule has 2 heterocycles. The predicted molar refractivity (Wildman–Crippen MR) is 128 cm³/mol. The van der Waals surface area contributed by atoms with Crippen molar-refractivity contribution in [1.82, 2.24) is 4.90 Å². The third-order valence-electron chi connectivity index (χ3n) is 6.57. The van der Waals surface area contributed by atoms with Gasteiger partial charge in [-0.25, -0.2) is 9.59 Å². The molecule has 6 heteroatoms. The highest BCUT2D eigenvalue weighted by molar-refractivity contribution is 5.94. The molecule has 1 aromatic rings. The Morgan fingerprint density at radius 2 is 1.66 bits per heavy atom. The highest BCUT2D eigenvalue weighted by atomic mass is 16.6. The molecule has 2 aliphatic rings. The van der Waals surface area contributed by atoms with E-state index in [1.54, 1.807) is 6.08 Å². The first-order valence-electron chi connectivity index (χ1n) is 11.8. The Balaban J connectivity index is 1.46. The third kappa shape index (κ3) is 6.27. The third-order valence-corrected chi connectivity index (χ3v) is 6.57. The van der Waals surface area contributed by atoms with Crippen LogP contribution in [0.1, 0.15) is 68.8 Å². The summed E-state index contributed by atoms with van der Waals surface area (Å²) >= 11 is 0. The van der Waals surface area contributed by atoms with E-state index in [4.69, 9.17) is 9.47 Å². The molecule has 2 aliphatic heterocycles. The number of nitrogens with zero attached hydrogens (tertiary/aromatic N) is 2. The topological polar surface area (TPSA) is 59.1 Å². The zero-order valence-corrected chi connectivity index (χ0v) is 20.1. The molecular weight excluding hydrogens is 404 g/mol. The van der Waals surface area contributed by atoms with Crippen molar-refractivity contribution >= 4 is 23.8 Å². The van der Waals surface area contributed by atoms with Gasteiger partial charge in [0.15, 0.2) is 0 Å². The zero-order chi connectivity index (χ0) is 23.3. The van der Waals surface area contributed by atoms with Gasteiger partial charge in [0.05, 0.1) is 12.7 Å². The lowest BCUT2D eigenvalue weighted by atomic mass is 9.82. The summed E-state index contributed by atoms with van der Waals surface area (Å²) in [6.07, 6.45) is 7.26. The van der Waals surface area contributed by atoms with Crippen molar-refractivity contribution in [3.05, 3.63) is 35.9 Å². The highest BCUT2D eigenvalue weighted by Crippen LogP contribution is 2.32. The van der Waals surface area contributed by atoms with Gasteiger partial charge in [-0.3, -0.25) is 0 Å². The summed E-state index contributed by atoms with van der Waals surface area (Å²) in [7, 11) is 1.40. The molecule has 3 rings (SSSR count). The lowest BCUT2D eigenvalue weighted by Crippen LogP contribution is -2.42. The first-order chi connectivity index (χ1) is 15.2. The summed E-state index contributed by atoms with van der Waals surface area (Å²) in [6.45, 7) is 13.2. The molecule has 0 unspecified atom stereocenters. The Bertz CT molecular complexity index is 814. The number of carbonyl (C=O) groups excluding carboxylic acids is 2. The molecular formula is C26H38N2O4. The van der Waals surface area contributed by atoms with Crippen LogP contribution in [0.25, 0.3) is 6.08 Å². The number of esters is 1. The molecule has 0 aliphatic carbocycles. The molecule has 0 spiro atoms. The molecule has 0 bridgehead atoms. The van der Waals surface area contributed by atoms with Crippen LogP contribution in [0.4, 0.5) is 10.5 Å². The van der Waals surface area contributed by atoms with Crippen LogP contribution in [-0.2, 0) is 9.47 Å². The molecule has 0 atom stereocenters. The maximum absolute atomic E-state index is 12.3. The largest absolute Gasteiger partial charge is 0.465 e. The van der Waals surface area contributed by atoms with Gasteiger partial charge in [-0.05, 0) is 88.5 Å². The van der Waals surface area contributed by atoms with Crippen molar-refractivity contribution < 1.29 is 19.1 Å². The predicted octanol–water partition coefficient (Wildman–Crippen LogP) is 5.37. The van der Waals surface area contributed by atoms with Crippen LogP contribution in [0.15, 0.2) is 24.8 Å². The fourth-order valence-corrected chi connectivity index (χ4v) is 4.79.